The monoisotopic (exact) mass is 475 g/mol. The average molecular weight is 476 g/mol. The fraction of sp³-hybridized carbons (Fsp3) is 0.120. The lowest BCUT2D eigenvalue weighted by Crippen LogP contribution is -2.24. The Morgan fingerprint density at radius 3 is 2.76 bits per heavy atom. The normalized spacial score (nSPS) is 10.3. The molecule has 0 aliphatic rings. The summed E-state index contributed by atoms with van der Waals surface area (Å²) in [6.07, 6.45) is 3.10. The summed E-state index contributed by atoms with van der Waals surface area (Å²) in [6.45, 7) is 0.894. The van der Waals surface area contributed by atoms with Gasteiger partial charge in [0.25, 0.3) is 5.91 Å². The molecule has 9 heteroatoms. The zero-order chi connectivity index (χ0) is 23.9. The van der Waals surface area contributed by atoms with Crippen molar-refractivity contribution >= 4 is 39.9 Å². The van der Waals surface area contributed by atoms with Crippen molar-refractivity contribution in [3.05, 3.63) is 77.3 Å². The standard InChI is InChI=1S/C25H19ClFN5O2/c1-16-4-7-19(14-29-16)34-23-9-6-18(12-21(23)26)32-25-20-11-17(3-2-10-28-24(33)13-27)5-8-22(20)30-15-31-25/h4-9,11-12,14-15H,10,13H2,1H3,(H,28,33)(H,30,31,32). The van der Waals surface area contributed by atoms with E-state index in [1.54, 1.807) is 18.3 Å². The minimum absolute atomic E-state index is 0.0583. The van der Waals surface area contributed by atoms with Crippen molar-refractivity contribution in [1.82, 2.24) is 20.3 Å². The van der Waals surface area contributed by atoms with Gasteiger partial charge in [0.15, 0.2) is 6.67 Å². The summed E-state index contributed by atoms with van der Waals surface area (Å²) in [6, 6.07) is 14.5. The maximum atomic E-state index is 12.2. The highest BCUT2D eigenvalue weighted by molar-refractivity contribution is 6.32. The van der Waals surface area contributed by atoms with Crippen LogP contribution in [0.5, 0.6) is 11.5 Å². The highest BCUT2D eigenvalue weighted by Gasteiger charge is 2.09. The van der Waals surface area contributed by atoms with Crippen LogP contribution in [-0.2, 0) is 4.79 Å². The predicted octanol–water partition coefficient (Wildman–Crippen LogP) is 4.96. The highest BCUT2D eigenvalue weighted by Crippen LogP contribution is 2.33. The van der Waals surface area contributed by atoms with Gasteiger partial charge in [0.2, 0.25) is 0 Å². The molecular formula is C25H19ClFN5O2. The lowest BCUT2D eigenvalue weighted by molar-refractivity contribution is -0.121. The molecule has 0 radical (unpaired) electrons. The molecule has 0 aliphatic heterocycles. The molecule has 0 saturated heterocycles. The Bertz CT molecular complexity index is 1400. The summed E-state index contributed by atoms with van der Waals surface area (Å²) >= 11 is 6.43. The van der Waals surface area contributed by atoms with Crippen LogP contribution in [0, 0.1) is 18.8 Å². The number of fused-ring (bicyclic) bond motifs is 1. The largest absolute Gasteiger partial charge is 0.454 e. The number of aromatic nitrogens is 3. The van der Waals surface area contributed by atoms with E-state index in [0.717, 1.165) is 16.6 Å². The van der Waals surface area contributed by atoms with E-state index in [1.807, 2.05) is 43.3 Å². The molecule has 2 aromatic heterocycles. The van der Waals surface area contributed by atoms with Crippen LogP contribution in [0.15, 0.2) is 61.1 Å². The first-order chi connectivity index (χ1) is 16.5. The van der Waals surface area contributed by atoms with Gasteiger partial charge in [-0.2, -0.15) is 0 Å². The molecule has 2 heterocycles. The second kappa shape index (κ2) is 10.6. The molecule has 2 N–H and O–H groups in total. The average Bonchev–Trinajstić information content (AvgIpc) is 2.85. The van der Waals surface area contributed by atoms with Crippen molar-refractivity contribution in [3.63, 3.8) is 0 Å². The number of carbonyl (C=O) groups is 1. The first-order valence-corrected chi connectivity index (χ1v) is 10.6. The molecule has 0 spiro atoms. The zero-order valence-corrected chi connectivity index (χ0v) is 18.9. The number of ether oxygens (including phenoxy) is 1. The molecule has 2 aromatic carbocycles. The Labute approximate surface area is 200 Å². The number of nitrogens with zero attached hydrogens (tertiary/aromatic N) is 3. The van der Waals surface area contributed by atoms with E-state index in [-0.39, 0.29) is 6.54 Å². The van der Waals surface area contributed by atoms with Crippen LogP contribution >= 0.6 is 11.6 Å². The molecule has 170 valence electrons. The summed E-state index contributed by atoms with van der Waals surface area (Å²) in [5.74, 6) is 6.70. The van der Waals surface area contributed by atoms with E-state index in [4.69, 9.17) is 16.3 Å². The molecule has 4 rings (SSSR count). The van der Waals surface area contributed by atoms with Gasteiger partial charge in [0.1, 0.15) is 23.6 Å². The third-order valence-corrected chi connectivity index (χ3v) is 4.97. The molecule has 0 fully saturated rings. The van der Waals surface area contributed by atoms with E-state index in [2.05, 4.69) is 37.4 Å². The number of carbonyl (C=O) groups excluding carboxylic acids is 1. The maximum absolute atomic E-state index is 12.2. The van der Waals surface area contributed by atoms with Gasteiger partial charge < -0.3 is 15.4 Å². The van der Waals surface area contributed by atoms with E-state index in [1.165, 1.54) is 6.33 Å². The van der Waals surface area contributed by atoms with Crippen molar-refractivity contribution in [3.8, 4) is 23.3 Å². The van der Waals surface area contributed by atoms with E-state index < -0.39 is 12.6 Å². The van der Waals surface area contributed by atoms with Gasteiger partial charge in [-0.1, -0.05) is 23.4 Å². The van der Waals surface area contributed by atoms with Crippen LogP contribution in [0.25, 0.3) is 10.9 Å². The number of benzene rings is 2. The van der Waals surface area contributed by atoms with Crippen molar-refractivity contribution in [2.45, 2.75) is 6.92 Å². The molecule has 0 saturated carbocycles. The summed E-state index contributed by atoms with van der Waals surface area (Å²) in [5, 5.41) is 6.79. The van der Waals surface area contributed by atoms with Crippen molar-refractivity contribution < 1.29 is 13.9 Å². The smallest absolute Gasteiger partial charge is 0.252 e. The van der Waals surface area contributed by atoms with Crippen molar-refractivity contribution in [2.24, 2.45) is 0 Å². The summed E-state index contributed by atoms with van der Waals surface area (Å²) in [4.78, 5) is 23.8. The molecule has 34 heavy (non-hydrogen) atoms. The first-order valence-electron chi connectivity index (χ1n) is 10.3. The molecular weight excluding hydrogens is 457 g/mol. The van der Waals surface area contributed by atoms with Gasteiger partial charge in [0.05, 0.1) is 23.3 Å². The summed E-state index contributed by atoms with van der Waals surface area (Å²) in [7, 11) is 0. The first kappa shape index (κ1) is 23.0. The number of anilines is 2. The molecule has 7 nitrogen and oxygen atoms in total. The van der Waals surface area contributed by atoms with Gasteiger partial charge in [-0.05, 0) is 55.5 Å². The molecule has 0 unspecified atom stereocenters. The minimum atomic E-state index is -1.07. The Morgan fingerprint density at radius 2 is 2.00 bits per heavy atom. The van der Waals surface area contributed by atoms with Crippen LogP contribution in [-0.4, -0.2) is 34.1 Å². The van der Waals surface area contributed by atoms with Crippen LogP contribution in [0.4, 0.5) is 15.9 Å². The van der Waals surface area contributed by atoms with Gasteiger partial charge in [-0.15, -0.1) is 0 Å². The summed E-state index contributed by atoms with van der Waals surface area (Å²) < 4.78 is 18.0. The molecule has 4 aromatic rings. The molecule has 0 aliphatic carbocycles. The van der Waals surface area contributed by atoms with E-state index in [0.29, 0.717) is 33.6 Å². The third kappa shape index (κ3) is 5.77. The third-order valence-electron chi connectivity index (χ3n) is 4.67. The van der Waals surface area contributed by atoms with Crippen molar-refractivity contribution in [1.29, 1.82) is 0 Å². The number of amides is 1. The van der Waals surface area contributed by atoms with E-state index >= 15 is 0 Å². The van der Waals surface area contributed by atoms with Gasteiger partial charge >= 0.3 is 0 Å². The number of hydrogen-bond acceptors (Lipinski definition) is 6. The number of hydrogen-bond donors (Lipinski definition) is 2. The van der Waals surface area contributed by atoms with Crippen LogP contribution < -0.4 is 15.4 Å². The Kier molecular flexibility index (Phi) is 7.16. The fourth-order valence-corrected chi connectivity index (χ4v) is 3.23. The molecule has 1 amide bonds. The van der Waals surface area contributed by atoms with Crippen LogP contribution in [0.3, 0.4) is 0 Å². The predicted molar refractivity (Wildman–Crippen MR) is 129 cm³/mol. The maximum Gasteiger partial charge on any atom is 0.252 e. The molecule has 0 bridgehead atoms. The van der Waals surface area contributed by atoms with Crippen LogP contribution in [0.2, 0.25) is 5.02 Å². The van der Waals surface area contributed by atoms with E-state index in [9.17, 15) is 9.18 Å². The van der Waals surface area contributed by atoms with Crippen LogP contribution in [0.1, 0.15) is 11.3 Å². The zero-order valence-electron chi connectivity index (χ0n) is 18.1. The van der Waals surface area contributed by atoms with Crippen molar-refractivity contribution in [2.75, 3.05) is 18.5 Å². The minimum Gasteiger partial charge on any atom is -0.454 e. The summed E-state index contributed by atoms with van der Waals surface area (Å²) in [5.41, 5.74) is 3.04. The second-order valence-electron chi connectivity index (χ2n) is 7.17. The number of aryl methyl sites for hydroxylation is 1. The topological polar surface area (TPSA) is 89.0 Å². The second-order valence-corrected chi connectivity index (χ2v) is 7.58. The number of alkyl halides is 1. The Balaban J connectivity index is 1.53. The Hall–Kier alpha value is -4.22. The quantitative estimate of drug-likeness (QED) is 0.383. The Morgan fingerprint density at radius 1 is 1.12 bits per heavy atom. The lowest BCUT2D eigenvalue weighted by atomic mass is 10.1. The van der Waals surface area contributed by atoms with Gasteiger partial charge in [0, 0.05) is 22.3 Å². The molecule has 0 atom stereocenters. The number of halogens is 2. The SMILES string of the molecule is Cc1ccc(Oc2ccc(Nc3ncnc4ccc(C#CCNC(=O)CF)cc34)cc2Cl)cn1. The number of rotatable bonds is 6. The lowest BCUT2D eigenvalue weighted by Gasteiger charge is -2.11. The highest BCUT2D eigenvalue weighted by atomic mass is 35.5. The fourth-order valence-electron chi connectivity index (χ4n) is 3.01. The number of pyridine rings is 1. The number of nitrogens with one attached hydrogen (secondary N) is 2. The van der Waals surface area contributed by atoms with Gasteiger partial charge in [-0.25, -0.2) is 14.4 Å². The van der Waals surface area contributed by atoms with Gasteiger partial charge in [-0.3, -0.25) is 9.78 Å².